The molecule has 26 heavy (non-hydrogen) atoms. The fraction of sp³-hybridized carbons (Fsp3) is 0.350. The lowest BCUT2D eigenvalue weighted by molar-refractivity contribution is -0.117. The highest BCUT2D eigenvalue weighted by molar-refractivity contribution is 6.09. The maximum atomic E-state index is 12.9. The van der Waals surface area contributed by atoms with E-state index in [0.29, 0.717) is 23.6 Å². The van der Waals surface area contributed by atoms with Gasteiger partial charge in [-0.1, -0.05) is 31.1 Å². The molecular formula is C20H20N2O4. The van der Waals surface area contributed by atoms with E-state index in [2.05, 4.69) is 19.0 Å². The summed E-state index contributed by atoms with van der Waals surface area (Å²) in [6, 6.07) is 7.05. The van der Waals surface area contributed by atoms with Gasteiger partial charge in [-0.2, -0.15) is 0 Å². The molecule has 1 atom stereocenters. The van der Waals surface area contributed by atoms with Crippen LogP contribution in [0, 0.1) is 5.41 Å². The lowest BCUT2D eigenvalue weighted by Gasteiger charge is -2.30. The third-order valence-electron chi connectivity index (χ3n) is 5.19. The van der Waals surface area contributed by atoms with Gasteiger partial charge >= 0.3 is 5.97 Å². The zero-order valence-corrected chi connectivity index (χ0v) is 15.0. The molecule has 134 valence electrons. The first kappa shape index (κ1) is 16.6. The molecule has 2 aliphatic rings. The van der Waals surface area contributed by atoms with Crippen LogP contribution in [0.3, 0.4) is 0 Å². The predicted octanol–water partition coefficient (Wildman–Crippen LogP) is 3.33. The molecule has 0 radical (unpaired) electrons. The van der Waals surface area contributed by atoms with Crippen molar-refractivity contribution in [2.75, 3.05) is 12.8 Å². The highest BCUT2D eigenvalue weighted by Crippen LogP contribution is 2.55. The van der Waals surface area contributed by atoms with Crippen molar-refractivity contribution in [3.05, 3.63) is 52.3 Å². The minimum Gasteiger partial charge on any atom is -0.465 e. The van der Waals surface area contributed by atoms with Crippen molar-refractivity contribution in [3.8, 4) is 0 Å². The lowest BCUT2D eigenvalue weighted by atomic mass is 9.72. The topological polar surface area (TPSA) is 95.4 Å². The Kier molecular flexibility index (Phi) is 3.54. The highest BCUT2D eigenvalue weighted by atomic mass is 16.5. The molecule has 0 saturated heterocycles. The molecule has 6 nitrogen and oxygen atoms in total. The Hall–Kier alpha value is -2.89. The van der Waals surface area contributed by atoms with Crippen LogP contribution in [-0.4, -0.2) is 24.0 Å². The van der Waals surface area contributed by atoms with Crippen molar-refractivity contribution in [2.45, 2.75) is 32.6 Å². The maximum Gasteiger partial charge on any atom is 0.337 e. The van der Waals surface area contributed by atoms with E-state index in [1.807, 2.05) is 12.1 Å². The van der Waals surface area contributed by atoms with Crippen LogP contribution >= 0.6 is 0 Å². The largest absolute Gasteiger partial charge is 0.465 e. The zero-order valence-electron chi connectivity index (χ0n) is 15.0. The molecule has 1 heterocycles. The summed E-state index contributed by atoms with van der Waals surface area (Å²) in [6.45, 7) is 4.15. The second-order valence-electron chi connectivity index (χ2n) is 7.69. The smallest absolute Gasteiger partial charge is 0.337 e. The molecule has 0 unspecified atom stereocenters. The van der Waals surface area contributed by atoms with Crippen molar-refractivity contribution in [1.82, 2.24) is 5.16 Å². The number of carbonyl (C=O) groups excluding carboxylic acids is 2. The Labute approximate surface area is 151 Å². The molecule has 1 aromatic heterocycles. The van der Waals surface area contributed by atoms with Gasteiger partial charge < -0.3 is 15.0 Å². The number of hydrogen-bond donors (Lipinski definition) is 1. The van der Waals surface area contributed by atoms with Crippen LogP contribution in [0.5, 0.6) is 0 Å². The number of aromatic nitrogens is 1. The molecule has 0 amide bonds. The van der Waals surface area contributed by atoms with E-state index in [0.717, 1.165) is 28.7 Å². The van der Waals surface area contributed by atoms with E-state index < -0.39 is 5.97 Å². The number of methoxy groups -OCH3 is 1. The average molecular weight is 352 g/mol. The number of carbonyl (C=O) groups is 2. The number of nitrogens with zero attached hydrogens (tertiary/aromatic N) is 1. The van der Waals surface area contributed by atoms with Gasteiger partial charge in [0.25, 0.3) is 0 Å². The minimum absolute atomic E-state index is 0.115. The Balaban J connectivity index is 1.85. The van der Waals surface area contributed by atoms with Gasteiger partial charge in [-0.3, -0.25) is 4.79 Å². The summed E-state index contributed by atoms with van der Waals surface area (Å²) >= 11 is 0. The van der Waals surface area contributed by atoms with Crippen LogP contribution < -0.4 is 5.73 Å². The van der Waals surface area contributed by atoms with Gasteiger partial charge in [0.05, 0.1) is 18.2 Å². The third-order valence-corrected chi connectivity index (χ3v) is 5.19. The fourth-order valence-corrected chi connectivity index (χ4v) is 4.09. The molecule has 1 aromatic carbocycles. The quantitative estimate of drug-likeness (QED) is 0.833. The van der Waals surface area contributed by atoms with Crippen LogP contribution in [-0.2, 0) is 9.53 Å². The maximum absolute atomic E-state index is 12.9. The molecular weight excluding hydrogens is 332 g/mol. The summed E-state index contributed by atoms with van der Waals surface area (Å²) < 4.78 is 10.2. The Morgan fingerprint density at radius 2 is 1.96 bits per heavy atom. The summed E-state index contributed by atoms with van der Waals surface area (Å²) in [5.74, 6) is 0.344. The van der Waals surface area contributed by atoms with Crippen LogP contribution in [0.4, 0.5) is 5.82 Å². The fourth-order valence-electron chi connectivity index (χ4n) is 4.09. The first-order chi connectivity index (χ1) is 12.3. The van der Waals surface area contributed by atoms with Crippen molar-refractivity contribution < 1.29 is 18.8 Å². The molecule has 4 rings (SSSR count). The van der Waals surface area contributed by atoms with E-state index in [9.17, 15) is 9.59 Å². The molecule has 0 spiro atoms. The summed E-state index contributed by atoms with van der Waals surface area (Å²) in [5.41, 5.74) is 9.70. The number of benzene rings is 1. The van der Waals surface area contributed by atoms with Crippen molar-refractivity contribution >= 4 is 23.1 Å². The number of fused-ring (bicyclic) bond motifs is 2. The van der Waals surface area contributed by atoms with Gasteiger partial charge in [-0.15, -0.1) is 0 Å². The number of ketones is 1. The molecule has 2 N–H and O–H groups in total. The first-order valence-electron chi connectivity index (χ1n) is 8.52. The number of nitrogens with two attached hydrogens (primary N) is 1. The molecule has 0 fully saturated rings. The van der Waals surface area contributed by atoms with E-state index in [4.69, 9.17) is 15.0 Å². The number of anilines is 1. The molecule has 0 bridgehead atoms. The summed E-state index contributed by atoms with van der Waals surface area (Å²) in [6.07, 6.45) is 1.23. The van der Waals surface area contributed by atoms with E-state index in [1.54, 1.807) is 12.1 Å². The third kappa shape index (κ3) is 2.36. The number of nitrogen functional groups attached to an aromatic ring is 1. The minimum atomic E-state index is -0.399. The SMILES string of the molecule is COC(=O)c1ccc([C@H]2C3=C(CC(C)(C)CC3=O)c3onc(N)c32)cc1. The first-order valence-corrected chi connectivity index (χ1v) is 8.52. The normalized spacial score (nSPS) is 20.7. The van der Waals surface area contributed by atoms with Crippen molar-refractivity contribution in [2.24, 2.45) is 5.41 Å². The van der Waals surface area contributed by atoms with Crippen molar-refractivity contribution in [1.29, 1.82) is 0 Å². The van der Waals surface area contributed by atoms with Gasteiger partial charge in [0.2, 0.25) is 0 Å². The van der Waals surface area contributed by atoms with Gasteiger partial charge in [-0.25, -0.2) is 4.79 Å². The van der Waals surface area contributed by atoms with Crippen LogP contribution in [0.15, 0.2) is 34.4 Å². The van der Waals surface area contributed by atoms with Gasteiger partial charge in [-0.05, 0) is 29.5 Å². The standard InChI is InChI=1S/C20H20N2O4/c1-20(2)8-12-15(13(23)9-20)14(16-17(12)26-22-18(16)21)10-4-6-11(7-5-10)19(24)25-3/h4-7,14H,8-9H2,1-3H3,(H2,21,22)/t14-/m0/s1. The highest BCUT2D eigenvalue weighted by Gasteiger charge is 2.46. The van der Waals surface area contributed by atoms with Crippen molar-refractivity contribution in [3.63, 3.8) is 0 Å². The Morgan fingerprint density at radius 1 is 1.27 bits per heavy atom. The molecule has 2 aromatic rings. The summed E-state index contributed by atoms with van der Waals surface area (Å²) in [4.78, 5) is 24.6. The number of hydrogen-bond acceptors (Lipinski definition) is 6. The van der Waals surface area contributed by atoms with Gasteiger partial charge in [0.1, 0.15) is 0 Å². The molecule has 2 aliphatic carbocycles. The molecule has 6 heteroatoms. The van der Waals surface area contributed by atoms with Gasteiger partial charge in [0, 0.05) is 23.5 Å². The van der Waals surface area contributed by atoms with Crippen LogP contribution in [0.1, 0.15) is 59.9 Å². The number of ether oxygens (including phenoxy) is 1. The second kappa shape index (κ2) is 5.56. The van der Waals surface area contributed by atoms with E-state index >= 15 is 0 Å². The van der Waals surface area contributed by atoms with Gasteiger partial charge in [0.15, 0.2) is 17.4 Å². The van der Waals surface area contributed by atoms with Crippen LogP contribution in [0.2, 0.25) is 0 Å². The predicted molar refractivity (Wildman–Crippen MR) is 95.5 cm³/mol. The zero-order chi connectivity index (χ0) is 18.6. The van der Waals surface area contributed by atoms with E-state index in [-0.39, 0.29) is 17.1 Å². The number of esters is 1. The molecule has 0 aliphatic heterocycles. The summed E-state index contributed by atoms with van der Waals surface area (Å²) in [5, 5.41) is 3.92. The Bertz CT molecular complexity index is 951. The van der Waals surface area contributed by atoms with E-state index in [1.165, 1.54) is 7.11 Å². The monoisotopic (exact) mass is 352 g/mol. The number of allylic oxidation sites excluding steroid dienone is 2. The average Bonchev–Trinajstić information content (AvgIpc) is 3.12. The Morgan fingerprint density at radius 3 is 2.62 bits per heavy atom. The second-order valence-corrected chi connectivity index (χ2v) is 7.69. The number of Topliss-reactive ketones (excluding diaryl/α,β-unsaturated/α-hetero) is 1. The summed E-state index contributed by atoms with van der Waals surface area (Å²) in [7, 11) is 1.34. The molecule has 0 saturated carbocycles. The number of rotatable bonds is 2. The lowest BCUT2D eigenvalue weighted by Crippen LogP contribution is -2.25. The van der Waals surface area contributed by atoms with Crippen LogP contribution in [0.25, 0.3) is 5.57 Å².